The zero-order chi connectivity index (χ0) is 19.5. The highest BCUT2D eigenvalue weighted by Gasteiger charge is 2.21. The molecule has 1 aliphatic heterocycles. The Balaban J connectivity index is 1.55. The topological polar surface area (TPSA) is 73.5 Å². The van der Waals surface area contributed by atoms with Crippen LogP contribution in [0.15, 0.2) is 28.7 Å². The number of likely N-dealkylation sites (tertiary alicyclic amines) is 1. The quantitative estimate of drug-likeness (QED) is 0.518. The maximum Gasteiger partial charge on any atom is 0.315 e. The standard InChI is InChI=1S/C20H31BrN4O2/c1-2-10-22-19(26)15-25-12-8-18(9-13-25)24-20(27)23-11-4-6-16-5-3-7-17(21)14-16/h3,5,7,14,18H,2,4,6,8-13,15H2,1H3,(H,22,26)(H2,23,24,27). The van der Waals surface area contributed by atoms with E-state index in [9.17, 15) is 9.59 Å². The van der Waals surface area contributed by atoms with Crippen molar-refractivity contribution in [3.8, 4) is 0 Å². The lowest BCUT2D eigenvalue weighted by Crippen LogP contribution is -2.49. The molecule has 1 aliphatic rings. The zero-order valence-electron chi connectivity index (χ0n) is 16.1. The van der Waals surface area contributed by atoms with Gasteiger partial charge >= 0.3 is 6.03 Å². The number of carbonyl (C=O) groups is 2. The molecule has 1 aromatic rings. The maximum absolute atomic E-state index is 12.0. The van der Waals surface area contributed by atoms with E-state index in [0.717, 1.165) is 56.2 Å². The van der Waals surface area contributed by atoms with Crippen LogP contribution in [0.4, 0.5) is 4.79 Å². The van der Waals surface area contributed by atoms with Crippen molar-refractivity contribution in [2.45, 2.75) is 45.1 Å². The third kappa shape index (κ3) is 8.75. The van der Waals surface area contributed by atoms with E-state index in [0.29, 0.717) is 13.1 Å². The number of halogens is 1. The van der Waals surface area contributed by atoms with Crippen LogP contribution in [0.1, 0.15) is 38.2 Å². The second kappa shape index (κ2) is 12.0. The first kappa shape index (κ1) is 21.7. The molecule has 1 heterocycles. The summed E-state index contributed by atoms with van der Waals surface area (Å²) < 4.78 is 1.08. The molecule has 0 spiro atoms. The Kier molecular flexibility index (Phi) is 9.62. The van der Waals surface area contributed by atoms with E-state index < -0.39 is 0 Å². The number of nitrogens with zero attached hydrogens (tertiary/aromatic N) is 1. The molecule has 3 N–H and O–H groups in total. The summed E-state index contributed by atoms with van der Waals surface area (Å²) in [6.45, 7) is 5.58. The summed E-state index contributed by atoms with van der Waals surface area (Å²) in [7, 11) is 0. The van der Waals surface area contributed by atoms with Gasteiger partial charge in [-0.1, -0.05) is 35.0 Å². The molecule has 0 radical (unpaired) electrons. The highest BCUT2D eigenvalue weighted by atomic mass is 79.9. The van der Waals surface area contributed by atoms with Crippen LogP contribution in [0.25, 0.3) is 0 Å². The molecule has 0 aromatic heterocycles. The third-order valence-electron chi connectivity index (χ3n) is 4.68. The number of hydrogen-bond acceptors (Lipinski definition) is 3. The molecule has 0 aliphatic carbocycles. The Morgan fingerprint density at radius 1 is 1.19 bits per heavy atom. The van der Waals surface area contributed by atoms with Crippen LogP contribution in [0.2, 0.25) is 0 Å². The lowest BCUT2D eigenvalue weighted by atomic mass is 10.1. The molecule has 0 bridgehead atoms. The molecule has 1 fully saturated rings. The lowest BCUT2D eigenvalue weighted by molar-refractivity contribution is -0.122. The predicted molar refractivity (Wildman–Crippen MR) is 112 cm³/mol. The van der Waals surface area contributed by atoms with Crippen LogP contribution in [0.3, 0.4) is 0 Å². The van der Waals surface area contributed by atoms with Crippen molar-refractivity contribution in [3.63, 3.8) is 0 Å². The van der Waals surface area contributed by atoms with Crippen molar-refractivity contribution < 1.29 is 9.59 Å². The number of hydrogen-bond donors (Lipinski definition) is 3. The number of amides is 3. The van der Waals surface area contributed by atoms with Crippen LogP contribution in [0.5, 0.6) is 0 Å². The summed E-state index contributed by atoms with van der Waals surface area (Å²) in [5.41, 5.74) is 1.27. The number of nitrogens with one attached hydrogen (secondary N) is 3. The van der Waals surface area contributed by atoms with Gasteiger partial charge in [0.1, 0.15) is 0 Å². The normalized spacial score (nSPS) is 15.3. The molecule has 3 amide bonds. The highest BCUT2D eigenvalue weighted by Crippen LogP contribution is 2.13. The van der Waals surface area contributed by atoms with Gasteiger partial charge in [-0.05, 0) is 49.8 Å². The molecule has 27 heavy (non-hydrogen) atoms. The van der Waals surface area contributed by atoms with Crippen LogP contribution in [0, 0.1) is 0 Å². The molecule has 150 valence electrons. The third-order valence-corrected chi connectivity index (χ3v) is 5.17. The van der Waals surface area contributed by atoms with Crippen molar-refractivity contribution in [2.75, 3.05) is 32.7 Å². The molecule has 1 aromatic carbocycles. The van der Waals surface area contributed by atoms with Crippen molar-refractivity contribution in [2.24, 2.45) is 0 Å². The van der Waals surface area contributed by atoms with Crippen LogP contribution in [-0.4, -0.2) is 55.6 Å². The van der Waals surface area contributed by atoms with Crippen molar-refractivity contribution in [3.05, 3.63) is 34.3 Å². The van der Waals surface area contributed by atoms with Gasteiger partial charge < -0.3 is 16.0 Å². The largest absolute Gasteiger partial charge is 0.355 e. The van der Waals surface area contributed by atoms with Crippen LogP contribution in [-0.2, 0) is 11.2 Å². The number of rotatable bonds is 9. The van der Waals surface area contributed by atoms with E-state index in [4.69, 9.17) is 0 Å². The van der Waals surface area contributed by atoms with E-state index >= 15 is 0 Å². The first-order chi connectivity index (χ1) is 13.1. The van der Waals surface area contributed by atoms with E-state index in [1.807, 2.05) is 19.1 Å². The van der Waals surface area contributed by atoms with Gasteiger partial charge in [-0.15, -0.1) is 0 Å². The van der Waals surface area contributed by atoms with Gasteiger partial charge in [0.2, 0.25) is 5.91 Å². The smallest absolute Gasteiger partial charge is 0.315 e. The minimum atomic E-state index is -0.0941. The maximum atomic E-state index is 12.0. The van der Waals surface area contributed by atoms with Gasteiger partial charge in [-0.25, -0.2) is 4.79 Å². The number of piperidine rings is 1. The van der Waals surface area contributed by atoms with Crippen molar-refractivity contribution in [1.29, 1.82) is 0 Å². The van der Waals surface area contributed by atoms with Crippen molar-refractivity contribution >= 4 is 27.9 Å². The average molecular weight is 439 g/mol. The fourth-order valence-electron chi connectivity index (χ4n) is 3.18. The summed E-state index contributed by atoms with van der Waals surface area (Å²) in [4.78, 5) is 26.0. The van der Waals surface area contributed by atoms with E-state index in [1.54, 1.807) is 0 Å². The van der Waals surface area contributed by atoms with Gasteiger partial charge in [0, 0.05) is 36.7 Å². The van der Waals surface area contributed by atoms with E-state index in [2.05, 4.69) is 48.9 Å². The number of aryl methyl sites for hydroxylation is 1. The lowest BCUT2D eigenvalue weighted by Gasteiger charge is -2.31. The minimum Gasteiger partial charge on any atom is -0.355 e. The number of urea groups is 1. The zero-order valence-corrected chi connectivity index (χ0v) is 17.7. The minimum absolute atomic E-state index is 0.0893. The molecule has 1 saturated heterocycles. The summed E-state index contributed by atoms with van der Waals surface area (Å²) >= 11 is 3.47. The Bertz CT molecular complexity index is 603. The molecule has 6 nitrogen and oxygen atoms in total. The average Bonchev–Trinajstić information content (AvgIpc) is 2.65. The second-order valence-corrected chi connectivity index (χ2v) is 7.95. The van der Waals surface area contributed by atoms with Gasteiger partial charge in [0.15, 0.2) is 0 Å². The van der Waals surface area contributed by atoms with Crippen molar-refractivity contribution in [1.82, 2.24) is 20.9 Å². The number of carbonyl (C=O) groups excluding carboxylic acids is 2. The molecule has 7 heteroatoms. The molecular weight excluding hydrogens is 408 g/mol. The van der Waals surface area contributed by atoms with Gasteiger partial charge in [-0.3, -0.25) is 9.69 Å². The van der Waals surface area contributed by atoms with E-state index in [1.165, 1.54) is 5.56 Å². The highest BCUT2D eigenvalue weighted by molar-refractivity contribution is 9.10. The SMILES string of the molecule is CCCNC(=O)CN1CCC(NC(=O)NCCCc2cccc(Br)c2)CC1. The van der Waals surface area contributed by atoms with Gasteiger partial charge in [-0.2, -0.15) is 0 Å². The second-order valence-electron chi connectivity index (χ2n) is 7.03. The summed E-state index contributed by atoms with van der Waals surface area (Å²) in [5, 5.41) is 8.90. The monoisotopic (exact) mass is 438 g/mol. The van der Waals surface area contributed by atoms with E-state index in [-0.39, 0.29) is 18.0 Å². The molecular formula is C20H31BrN4O2. The Morgan fingerprint density at radius 3 is 2.67 bits per heavy atom. The fraction of sp³-hybridized carbons (Fsp3) is 0.600. The Morgan fingerprint density at radius 2 is 1.96 bits per heavy atom. The molecule has 0 saturated carbocycles. The molecule has 0 atom stereocenters. The van der Waals surface area contributed by atoms with Gasteiger partial charge in [0.25, 0.3) is 0 Å². The summed E-state index contributed by atoms with van der Waals surface area (Å²) in [6, 6.07) is 8.34. The van der Waals surface area contributed by atoms with Gasteiger partial charge in [0.05, 0.1) is 6.54 Å². The van der Waals surface area contributed by atoms with Crippen LogP contribution >= 0.6 is 15.9 Å². The number of benzene rings is 1. The first-order valence-electron chi connectivity index (χ1n) is 9.84. The van der Waals surface area contributed by atoms with Crippen LogP contribution < -0.4 is 16.0 Å². The Hall–Kier alpha value is -1.60. The molecule has 0 unspecified atom stereocenters. The fourth-order valence-corrected chi connectivity index (χ4v) is 3.63. The predicted octanol–water partition coefficient (Wildman–Crippen LogP) is 2.67. The summed E-state index contributed by atoms with van der Waals surface area (Å²) in [6.07, 6.45) is 4.57. The Labute approximate surface area is 170 Å². The molecule has 2 rings (SSSR count). The summed E-state index contributed by atoms with van der Waals surface area (Å²) in [5.74, 6) is 0.0893. The first-order valence-corrected chi connectivity index (χ1v) is 10.6.